The van der Waals surface area contributed by atoms with Crippen LogP contribution >= 0.6 is 0 Å². The molecule has 2 aromatic carbocycles. The standard InChI is InChI=1S/C18H16N2/c1-15-7-9-17(10-8-15)18(13-20-12-11-19-14-20)16-5-3-2-4-6-16/h2-14H,1H3/b18-13-. The summed E-state index contributed by atoms with van der Waals surface area (Å²) in [5, 5.41) is 0. The van der Waals surface area contributed by atoms with Crippen molar-refractivity contribution in [1.29, 1.82) is 0 Å². The van der Waals surface area contributed by atoms with E-state index in [1.807, 2.05) is 16.8 Å². The summed E-state index contributed by atoms with van der Waals surface area (Å²) in [5.41, 5.74) is 4.85. The summed E-state index contributed by atoms with van der Waals surface area (Å²) in [6, 6.07) is 19.0. The Morgan fingerprint density at radius 1 is 0.950 bits per heavy atom. The van der Waals surface area contributed by atoms with Crippen molar-refractivity contribution < 1.29 is 0 Å². The molecular formula is C18H16N2. The SMILES string of the molecule is Cc1ccc(/C(=C\n2ccnc2)c2ccccc2)cc1. The number of benzene rings is 2. The molecule has 0 aliphatic rings. The summed E-state index contributed by atoms with van der Waals surface area (Å²) >= 11 is 0. The maximum Gasteiger partial charge on any atom is 0.0986 e. The summed E-state index contributed by atoms with van der Waals surface area (Å²) in [4.78, 5) is 4.10. The zero-order valence-electron chi connectivity index (χ0n) is 11.4. The highest BCUT2D eigenvalue weighted by Gasteiger charge is 2.04. The Morgan fingerprint density at radius 2 is 1.65 bits per heavy atom. The molecule has 0 radical (unpaired) electrons. The van der Waals surface area contributed by atoms with Crippen molar-refractivity contribution in [2.45, 2.75) is 6.92 Å². The lowest BCUT2D eigenvalue weighted by Gasteiger charge is -2.09. The molecule has 0 bridgehead atoms. The number of hydrogen-bond acceptors (Lipinski definition) is 1. The quantitative estimate of drug-likeness (QED) is 0.688. The summed E-state index contributed by atoms with van der Waals surface area (Å²) < 4.78 is 1.97. The van der Waals surface area contributed by atoms with Crippen LogP contribution in [0.3, 0.4) is 0 Å². The Morgan fingerprint density at radius 3 is 2.30 bits per heavy atom. The Labute approximate surface area is 119 Å². The molecular weight excluding hydrogens is 244 g/mol. The highest BCUT2D eigenvalue weighted by molar-refractivity contribution is 5.87. The Hall–Kier alpha value is -2.61. The highest BCUT2D eigenvalue weighted by atomic mass is 15.0. The van der Waals surface area contributed by atoms with Crippen LogP contribution in [0.15, 0.2) is 73.3 Å². The number of imidazole rings is 1. The molecule has 0 N–H and O–H groups in total. The molecule has 3 aromatic rings. The molecule has 1 heterocycles. The first-order valence-corrected chi connectivity index (χ1v) is 6.65. The highest BCUT2D eigenvalue weighted by Crippen LogP contribution is 2.24. The molecule has 0 amide bonds. The Kier molecular flexibility index (Phi) is 3.46. The number of hydrogen-bond donors (Lipinski definition) is 0. The second-order valence-electron chi connectivity index (χ2n) is 4.78. The molecule has 0 saturated carbocycles. The average Bonchev–Trinajstić information content (AvgIpc) is 3.00. The molecule has 0 spiro atoms. The van der Waals surface area contributed by atoms with Crippen LogP contribution in [0.1, 0.15) is 16.7 Å². The number of nitrogens with zero attached hydrogens (tertiary/aromatic N) is 2. The lowest BCUT2D eigenvalue weighted by atomic mass is 9.98. The third-order valence-corrected chi connectivity index (χ3v) is 3.25. The predicted molar refractivity (Wildman–Crippen MR) is 83.1 cm³/mol. The van der Waals surface area contributed by atoms with Crippen molar-refractivity contribution in [1.82, 2.24) is 9.55 Å². The van der Waals surface area contributed by atoms with Crippen molar-refractivity contribution >= 4 is 11.8 Å². The van der Waals surface area contributed by atoms with E-state index in [-0.39, 0.29) is 0 Å². The monoisotopic (exact) mass is 260 g/mol. The van der Waals surface area contributed by atoms with Gasteiger partial charge >= 0.3 is 0 Å². The second kappa shape index (κ2) is 5.57. The zero-order chi connectivity index (χ0) is 13.8. The van der Waals surface area contributed by atoms with E-state index in [4.69, 9.17) is 0 Å². The molecule has 0 saturated heterocycles. The van der Waals surface area contributed by atoms with Gasteiger partial charge in [-0.1, -0.05) is 60.2 Å². The van der Waals surface area contributed by atoms with Crippen molar-refractivity contribution in [3.8, 4) is 0 Å². The predicted octanol–water partition coefficient (Wildman–Crippen LogP) is 4.24. The normalized spacial score (nSPS) is 11.6. The van der Waals surface area contributed by atoms with Gasteiger partial charge in [-0.15, -0.1) is 0 Å². The maximum atomic E-state index is 4.10. The molecule has 0 unspecified atom stereocenters. The fraction of sp³-hybridized carbons (Fsp3) is 0.0556. The van der Waals surface area contributed by atoms with Crippen LogP contribution in [0.2, 0.25) is 0 Å². The Balaban J connectivity index is 2.11. The first-order chi connectivity index (χ1) is 9.83. The summed E-state index contributed by atoms with van der Waals surface area (Å²) in [5.74, 6) is 0. The number of aromatic nitrogens is 2. The van der Waals surface area contributed by atoms with Gasteiger partial charge in [0.2, 0.25) is 0 Å². The fourth-order valence-electron chi connectivity index (χ4n) is 2.16. The molecule has 2 heteroatoms. The van der Waals surface area contributed by atoms with Crippen molar-refractivity contribution in [2.75, 3.05) is 0 Å². The van der Waals surface area contributed by atoms with Gasteiger partial charge in [0.25, 0.3) is 0 Å². The first-order valence-electron chi connectivity index (χ1n) is 6.65. The lowest BCUT2D eigenvalue weighted by Crippen LogP contribution is -1.91. The molecule has 20 heavy (non-hydrogen) atoms. The van der Waals surface area contributed by atoms with E-state index in [1.54, 1.807) is 12.5 Å². The molecule has 0 aliphatic heterocycles. The van der Waals surface area contributed by atoms with Crippen LogP contribution in [0.5, 0.6) is 0 Å². The van der Waals surface area contributed by atoms with Gasteiger partial charge in [0.15, 0.2) is 0 Å². The van der Waals surface area contributed by atoms with Gasteiger partial charge in [-0.3, -0.25) is 0 Å². The minimum absolute atomic E-state index is 1.18. The van der Waals surface area contributed by atoms with Gasteiger partial charge in [0, 0.05) is 24.2 Å². The van der Waals surface area contributed by atoms with Crippen LogP contribution in [0.4, 0.5) is 0 Å². The number of rotatable bonds is 3. The van der Waals surface area contributed by atoms with Gasteiger partial charge in [-0.2, -0.15) is 0 Å². The summed E-state index contributed by atoms with van der Waals surface area (Å²) in [6.07, 6.45) is 7.63. The Bertz CT molecular complexity index is 693. The van der Waals surface area contributed by atoms with Gasteiger partial charge < -0.3 is 4.57 Å². The van der Waals surface area contributed by atoms with Crippen LogP contribution in [0, 0.1) is 6.92 Å². The van der Waals surface area contributed by atoms with Crippen LogP contribution < -0.4 is 0 Å². The molecule has 1 aromatic heterocycles. The van der Waals surface area contributed by atoms with Gasteiger partial charge in [-0.25, -0.2) is 4.98 Å². The molecule has 0 aliphatic carbocycles. The second-order valence-corrected chi connectivity index (χ2v) is 4.78. The van der Waals surface area contributed by atoms with E-state index in [0.29, 0.717) is 0 Å². The maximum absolute atomic E-state index is 4.10. The summed E-state index contributed by atoms with van der Waals surface area (Å²) in [7, 11) is 0. The van der Waals surface area contributed by atoms with Gasteiger partial charge in [0.05, 0.1) is 6.33 Å². The first kappa shape index (κ1) is 12.4. The molecule has 0 fully saturated rings. The molecule has 98 valence electrons. The zero-order valence-corrected chi connectivity index (χ0v) is 11.4. The van der Waals surface area contributed by atoms with Crippen LogP contribution in [-0.2, 0) is 0 Å². The van der Waals surface area contributed by atoms with Crippen molar-refractivity contribution in [3.63, 3.8) is 0 Å². The topological polar surface area (TPSA) is 17.8 Å². The van der Waals surface area contributed by atoms with Crippen LogP contribution in [0.25, 0.3) is 11.8 Å². The smallest absolute Gasteiger partial charge is 0.0986 e. The number of aryl methyl sites for hydroxylation is 1. The third kappa shape index (κ3) is 2.69. The summed E-state index contributed by atoms with van der Waals surface area (Å²) in [6.45, 7) is 2.10. The van der Waals surface area contributed by atoms with E-state index in [9.17, 15) is 0 Å². The van der Waals surface area contributed by atoms with E-state index in [0.717, 1.165) is 0 Å². The molecule has 3 rings (SSSR count). The van der Waals surface area contributed by atoms with E-state index >= 15 is 0 Å². The molecule has 0 atom stereocenters. The average molecular weight is 260 g/mol. The largest absolute Gasteiger partial charge is 0.312 e. The van der Waals surface area contributed by atoms with E-state index in [1.165, 1.54) is 22.3 Å². The lowest BCUT2D eigenvalue weighted by molar-refractivity contribution is 1.14. The van der Waals surface area contributed by atoms with Gasteiger partial charge in [-0.05, 0) is 18.1 Å². The fourth-order valence-corrected chi connectivity index (χ4v) is 2.16. The van der Waals surface area contributed by atoms with Gasteiger partial charge in [0.1, 0.15) is 0 Å². The third-order valence-electron chi connectivity index (χ3n) is 3.25. The van der Waals surface area contributed by atoms with E-state index < -0.39 is 0 Å². The van der Waals surface area contributed by atoms with Crippen LogP contribution in [-0.4, -0.2) is 9.55 Å². The van der Waals surface area contributed by atoms with E-state index in [2.05, 4.69) is 66.6 Å². The van der Waals surface area contributed by atoms with Crippen molar-refractivity contribution in [3.05, 3.63) is 90.0 Å². The van der Waals surface area contributed by atoms with Crippen molar-refractivity contribution in [2.24, 2.45) is 0 Å². The molecule has 2 nitrogen and oxygen atoms in total. The minimum atomic E-state index is 1.18. The minimum Gasteiger partial charge on any atom is -0.312 e.